The Morgan fingerprint density at radius 3 is 2.18 bits per heavy atom. The Morgan fingerprint density at radius 2 is 1.64 bits per heavy atom. The number of carbonyl (C=O) groups is 1. The van der Waals surface area contributed by atoms with E-state index in [0.29, 0.717) is 30.1 Å². The van der Waals surface area contributed by atoms with E-state index in [-0.39, 0.29) is 12.4 Å². The number of ether oxygens (including phenoxy) is 2. The zero-order chi connectivity index (χ0) is 15.8. The van der Waals surface area contributed by atoms with Gasteiger partial charge in [0.05, 0.1) is 6.61 Å². The number of ketones is 1. The van der Waals surface area contributed by atoms with Crippen molar-refractivity contribution < 1.29 is 14.3 Å². The van der Waals surface area contributed by atoms with Crippen molar-refractivity contribution >= 4 is 5.78 Å². The summed E-state index contributed by atoms with van der Waals surface area (Å²) in [7, 11) is 0. The number of benzene rings is 2. The summed E-state index contributed by atoms with van der Waals surface area (Å²) in [6, 6.07) is 14.4. The Labute approximate surface area is 130 Å². The molecule has 0 N–H and O–H groups in total. The average molecular weight is 294 g/mol. The molecule has 3 nitrogen and oxygen atoms in total. The van der Waals surface area contributed by atoms with Gasteiger partial charge in [-0.25, -0.2) is 0 Å². The quantitative estimate of drug-likeness (QED) is 0.579. The van der Waals surface area contributed by atoms with Crippen LogP contribution in [0.5, 0.6) is 5.75 Å². The van der Waals surface area contributed by atoms with Gasteiger partial charge in [-0.3, -0.25) is 4.79 Å². The Balaban J connectivity index is 2.06. The maximum absolute atomic E-state index is 12.4. The van der Waals surface area contributed by atoms with Crippen LogP contribution < -0.4 is 4.74 Å². The van der Waals surface area contributed by atoms with Gasteiger partial charge in [-0.05, 0) is 36.8 Å². The van der Waals surface area contributed by atoms with E-state index in [1.807, 2.05) is 31.2 Å². The van der Waals surface area contributed by atoms with E-state index >= 15 is 0 Å². The standard InChI is InChI=1S/C19H18O3/c1-3-13-22-18-11-9-17(10-12-18)19(20)16-7-5-15(6-8-16)14-21-4-2/h1,5-12H,4,13-14H2,2H3. The fourth-order valence-electron chi connectivity index (χ4n) is 1.97. The first kappa shape index (κ1) is 15.8. The van der Waals surface area contributed by atoms with E-state index < -0.39 is 0 Å². The van der Waals surface area contributed by atoms with Crippen molar-refractivity contribution in [3.8, 4) is 18.1 Å². The monoisotopic (exact) mass is 294 g/mol. The number of rotatable bonds is 7. The first-order valence-electron chi connectivity index (χ1n) is 7.12. The zero-order valence-corrected chi connectivity index (χ0v) is 12.5. The molecule has 0 aliphatic heterocycles. The van der Waals surface area contributed by atoms with Gasteiger partial charge < -0.3 is 9.47 Å². The van der Waals surface area contributed by atoms with E-state index in [1.165, 1.54) is 0 Å². The summed E-state index contributed by atoms with van der Waals surface area (Å²) >= 11 is 0. The van der Waals surface area contributed by atoms with E-state index in [0.717, 1.165) is 5.56 Å². The highest BCUT2D eigenvalue weighted by Crippen LogP contribution is 2.16. The minimum atomic E-state index is -0.0218. The van der Waals surface area contributed by atoms with Crippen molar-refractivity contribution in [1.29, 1.82) is 0 Å². The van der Waals surface area contributed by atoms with Crippen LogP contribution in [-0.4, -0.2) is 19.0 Å². The Hall–Kier alpha value is -2.57. The maximum Gasteiger partial charge on any atom is 0.193 e. The van der Waals surface area contributed by atoms with Gasteiger partial charge in [-0.2, -0.15) is 0 Å². The second kappa shape index (κ2) is 8.02. The van der Waals surface area contributed by atoms with E-state index in [4.69, 9.17) is 15.9 Å². The average Bonchev–Trinajstić information content (AvgIpc) is 2.58. The molecule has 22 heavy (non-hydrogen) atoms. The second-order valence-corrected chi connectivity index (χ2v) is 4.68. The first-order valence-corrected chi connectivity index (χ1v) is 7.12. The molecule has 0 amide bonds. The summed E-state index contributed by atoms with van der Waals surface area (Å²) in [4.78, 5) is 12.4. The molecule has 0 aliphatic rings. The largest absolute Gasteiger partial charge is 0.481 e. The fourth-order valence-corrected chi connectivity index (χ4v) is 1.97. The summed E-state index contributed by atoms with van der Waals surface area (Å²) in [5, 5.41) is 0. The van der Waals surface area contributed by atoms with Crippen molar-refractivity contribution in [3.05, 3.63) is 65.2 Å². The van der Waals surface area contributed by atoms with Gasteiger partial charge in [-0.1, -0.05) is 30.2 Å². The third-order valence-corrected chi connectivity index (χ3v) is 3.13. The Morgan fingerprint density at radius 1 is 1.05 bits per heavy atom. The molecule has 0 spiro atoms. The molecule has 3 heteroatoms. The lowest BCUT2D eigenvalue weighted by Crippen LogP contribution is -2.02. The molecule has 2 rings (SSSR count). The number of hydrogen-bond acceptors (Lipinski definition) is 3. The van der Waals surface area contributed by atoms with Gasteiger partial charge in [0, 0.05) is 17.7 Å². The van der Waals surface area contributed by atoms with Crippen LogP contribution in [-0.2, 0) is 11.3 Å². The summed E-state index contributed by atoms with van der Waals surface area (Å²) in [6.45, 7) is 3.41. The molecule has 0 fully saturated rings. The molecule has 0 saturated carbocycles. The normalized spacial score (nSPS) is 10.0. The van der Waals surface area contributed by atoms with Gasteiger partial charge in [0.2, 0.25) is 0 Å². The summed E-state index contributed by atoms with van der Waals surface area (Å²) in [5.41, 5.74) is 2.32. The first-order chi connectivity index (χ1) is 10.7. The summed E-state index contributed by atoms with van der Waals surface area (Å²) < 4.78 is 10.6. The molecule has 0 radical (unpaired) electrons. The molecule has 2 aromatic rings. The topological polar surface area (TPSA) is 35.5 Å². The van der Waals surface area contributed by atoms with Crippen LogP contribution in [0, 0.1) is 12.3 Å². The van der Waals surface area contributed by atoms with Gasteiger partial charge >= 0.3 is 0 Å². The van der Waals surface area contributed by atoms with E-state index in [2.05, 4.69) is 5.92 Å². The highest BCUT2D eigenvalue weighted by molar-refractivity contribution is 6.09. The van der Waals surface area contributed by atoms with Crippen molar-refractivity contribution in [3.63, 3.8) is 0 Å². The molecule has 0 bridgehead atoms. The third kappa shape index (κ3) is 4.21. The van der Waals surface area contributed by atoms with Crippen LogP contribution in [0.4, 0.5) is 0 Å². The molecule has 0 atom stereocenters. The zero-order valence-electron chi connectivity index (χ0n) is 12.5. The molecule has 0 heterocycles. The van der Waals surface area contributed by atoms with Crippen molar-refractivity contribution in [2.75, 3.05) is 13.2 Å². The Kier molecular flexibility index (Phi) is 5.76. The molecule has 112 valence electrons. The predicted molar refractivity (Wildman–Crippen MR) is 86.0 cm³/mol. The minimum Gasteiger partial charge on any atom is -0.481 e. The van der Waals surface area contributed by atoms with Gasteiger partial charge in [0.25, 0.3) is 0 Å². The van der Waals surface area contributed by atoms with Crippen molar-refractivity contribution in [2.24, 2.45) is 0 Å². The Bertz CT molecular complexity index is 649. The molecule has 0 saturated heterocycles. The second-order valence-electron chi connectivity index (χ2n) is 4.68. The predicted octanol–water partition coefficient (Wildman–Crippen LogP) is 3.47. The lowest BCUT2D eigenvalue weighted by molar-refractivity contribution is 0.103. The lowest BCUT2D eigenvalue weighted by atomic mass is 10.0. The number of carbonyl (C=O) groups excluding carboxylic acids is 1. The lowest BCUT2D eigenvalue weighted by Gasteiger charge is -2.06. The molecule has 0 aliphatic carbocycles. The molecule has 0 unspecified atom stereocenters. The smallest absolute Gasteiger partial charge is 0.193 e. The van der Waals surface area contributed by atoms with Crippen LogP contribution in [0.15, 0.2) is 48.5 Å². The highest BCUT2D eigenvalue weighted by Gasteiger charge is 2.09. The van der Waals surface area contributed by atoms with E-state index in [9.17, 15) is 4.79 Å². The molecular formula is C19H18O3. The maximum atomic E-state index is 12.4. The van der Waals surface area contributed by atoms with Crippen molar-refractivity contribution in [2.45, 2.75) is 13.5 Å². The highest BCUT2D eigenvalue weighted by atomic mass is 16.5. The summed E-state index contributed by atoms with van der Waals surface area (Å²) in [5.74, 6) is 3.03. The fraction of sp³-hybridized carbons (Fsp3) is 0.211. The van der Waals surface area contributed by atoms with Gasteiger partial charge in [0.15, 0.2) is 5.78 Å². The van der Waals surface area contributed by atoms with Crippen molar-refractivity contribution in [1.82, 2.24) is 0 Å². The van der Waals surface area contributed by atoms with Gasteiger partial charge in [0.1, 0.15) is 12.4 Å². The summed E-state index contributed by atoms with van der Waals surface area (Å²) in [6.07, 6.45) is 5.14. The number of hydrogen-bond donors (Lipinski definition) is 0. The third-order valence-electron chi connectivity index (χ3n) is 3.13. The molecular weight excluding hydrogens is 276 g/mol. The van der Waals surface area contributed by atoms with Crippen LogP contribution >= 0.6 is 0 Å². The van der Waals surface area contributed by atoms with Crippen LogP contribution in [0.2, 0.25) is 0 Å². The number of terminal acetylenes is 1. The van der Waals surface area contributed by atoms with E-state index in [1.54, 1.807) is 24.3 Å². The molecule has 0 aromatic heterocycles. The van der Waals surface area contributed by atoms with Gasteiger partial charge in [-0.15, -0.1) is 6.42 Å². The van der Waals surface area contributed by atoms with Crippen LogP contribution in [0.1, 0.15) is 28.4 Å². The molecule has 2 aromatic carbocycles. The SMILES string of the molecule is C#CCOc1ccc(C(=O)c2ccc(COCC)cc2)cc1. The van der Waals surface area contributed by atoms with Crippen LogP contribution in [0.3, 0.4) is 0 Å². The minimum absolute atomic E-state index is 0.0218. The van der Waals surface area contributed by atoms with Crippen LogP contribution in [0.25, 0.3) is 0 Å².